The van der Waals surface area contributed by atoms with Crippen molar-refractivity contribution in [1.82, 2.24) is 14.5 Å². The van der Waals surface area contributed by atoms with Crippen LogP contribution in [-0.2, 0) is 0 Å². The number of nitrogens with zero attached hydrogens (tertiary/aromatic N) is 3. The highest BCUT2D eigenvalue weighted by Gasteiger charge is 2.44. The first-order chi connectivity index (χ1) is 14.7. The highest BCUT2D eigenvalue weighted by atomic mass is 16.4. The lowest BCUT2D eigenvalue weighted by atomic mass is 9.93. The third-order valence-corrected chi connectivity index (χ3v) is 6.49. The number of aromatic carboxylic acids is 1. The van der Waals surface area contributed by atoms with Crippen molar-refractivity contribution in [3.05, 3.63) is 40.3 Å². The van der Waals surface area contributed by atoms with E-state index >= 15 is 0 Å². The lowest BCUT2D eigenvalue weighted by Gasteiger charge is -2.42. The predicted octanol–water partition coefficient (Wildman–Crippen LogP) is 4.09. The van der Waals surface area contributed by atoms with Crippen LogP contribution in [0.15, 0.2) is 29.1 Å². The monoisotopic (exact) mass is 421 g/mol. The second-order valence-corrected chi connectivity index (χ2v) is 9.83. The molecule has 0 saturated carbocycles. The van der Waals surface area contributed by atoms with Crippen molar-refractivity contribution in [2.45, 2.75) is 84.0 Å². The van der Waals surface area contributed by atoms with Gasteiger partial charge in [-0.25, -0.2) is 9.78 Å². The molecule has 164 valence electrons. The van der Waals surface area contributed by atoms with Crippen LogP contribution in [0.4, 0.5) is 0 Å². The number of rotatable bonds is 4. The van der Waals surface area contributed by atoms with E-state index in [-0.39, 0.29) is 17.5 Å². The number of benzene rings is 1. The quantitative estimate of drug-likeness (QED) is 0.753. The molecule has 1 N–H and O–H groups in total. The number of hydrogen-bond acceptors (Lipinski definition) is 4. The highest BCUT2D eigenvalue weighted by Crippen LogP contribution is 2.42. The normalized spacial score (nSPS) is 24.6. The van der Waals surface area contributed by atoms with Gasteiger partial charge in [0.25, 0.3) is 5.56 Å². The van der Waals surface area contributed by atoms with Crippen molar-refractivity contribution in [2.24, 2.45) is 5.41 Å². The molecule has 1 unspecified atom stereocenters. The van der Waals surface area contributed by atoms with E-state index in [1.807, 2.05) is 18.2 Å². The summed E-state index contributed by atoms with van der Waals surface area (Å²) in [6.07, 6.45) is 4.83. The maximum Gasteiger partial charge on any atom is 0.360 e. The molecule has 2 aliphatic rings. The smallest absolute Gasteiger partial charge is 0.360 e. The van der Waals surface area contributed by atoms with Crippen molar-refractivity contribution in [2.75, 3.05) is 0 Å². The first-order valence-electron chi connectivity index (χ1n) is 11.2. The molecule has 0 spiro atoms. The van der Waals surface area contributed by atoms with Gasteiger partial charge in [0.05, 0.1) is 17.1 Å². The molecule has 6 heteroatoms. The lowest BCUT2D eigenvalue weighted by molar-refractivity contribution is 0.0684. The van der Waals surface area contributed by atoms with Crippen molar-refractivity contribution >= 4 is 17.0 Å². The molecular weight excluding hydrogens is 390 g/mol. The van der Waals surface area contributed by atoms with Gasteiger partial charge in [-0.3, -0.25) is 9.69 Å². The molecule has 2 fully saturated rings. The van der Waals surface area contributed by atoms with E-state index in [1.54, 1.807) is 10.6 Å². The summed E-state index contributed by atoms with van der Waals surface area (Å²) < 4.78 is 1.70. The molecule has 4 atom stereocenters. The van der Waals surface area contributed by atoms with Gasteiger partial charge in [-0.2, -0.15) is 0 Å². The number of piperidine rings is 1. The molecule has 0 amide bonds. The first kappa shape index (κ1) is 21.6. The third kappa shape index (κ3) is 4.12. The van der Waals surface area contributed by atoms with E-state index in [9.17, 15) is 14.7 Å². The third-order valence-electron chi connectivity index (χ3n) is 6.49. The van der Waals surface area contributed by atoms with Crippen molar-refractivity contribution in [3.63, 3.8) is 0 Å². The fourth-order valence-electron chi connectivity index (χ4n) is 5.25. The Hall–Kier alpha value is -2.65. The average molecular weight is 422 g/mol. The van der Waals surface area contributed by atoms with Crippen LogP contribution in [0.1, 0.15) is 76.3 Å². The Balaban J connectivity index is 1.71. The molecule has 6 nitrogen and oxygen atoms in total. The summed E-state index contributed by atoms with van der Waals surface area (Å²) in [4.78, 5) is 31.5. The van der Waals surface area contributed by atoms with E-state index in [4.69, 9.17) is 0 Å². The zero-order valence-electron chi connectivity index (χ0n) is 18.8. The first-order valence-corrected chi connectivity index (χ1v) is 11.2. The summed E-state index contributed by atoms with van der Waals surface area (Å²) >= 11 is 0. The summed E-state index contributed by atoms with van der Waals surface area (Å²) in [6, 6.07) is 8.24. The molecule has 2 bridgehead atoms. The minimum absolute atomic E-state index is 0.0265. The van der Waals surface area contributed by atoms with Crippen LogP contribution in [0.5, 0.6) is 0 Å². The topological polar surface area (TPSA) is 75.4 Å². The van der Waals surface area contributed by atoms with Gasteiger partial charge in [0.1, 0.15) is 0 Å². The van der Waals surface area contributed by atoms with Crippen molar-refractivity contribution < 1.29 is 9.90 Å². The number of fused-ring (bicyclic) bond motifs is 3. The highest BCUT2D eigenvalue weighted by molar-refractivity contribution is 5.88. The van der Waals surface area contributed by atoms with Crippen LogP contribution in [-0.4, -0.2) is 43.7 Å². The van der Waals surface area contributed by atoms with E-state index < -0.39 is 17.2 Å². The summed E-state index contributed by atoms with van der Waals surface area (Å²) in [5, 5.41) is 9.54. The summed E-state index contributed by atoms with van der Waals surface area (Å²) in [5.41, 5.74) is 0.354. The Morgan fingerprint density at radius 2 is 1.84 bits per heavy atom. The van der Waals surface area contributed by atoms with Crippen LogP contribution in [0.3, 0.4) is 0 Å². The zero-order valence-corrected chi connectivity index (χ0v) is 18.8. The van der Waals surface area contributed by atoms with Crippen LogP contribution in [0, 0.1) is 17.3 Å². The molecule has 31 heavy (non-hydrogen) atoms. The minimum atomic E-state index is -1.27. The number of carboxylic acid groups (broad SMARTS) is 1. The number of para-hydroxylation sites is 2. The second-order valence-electron chi connectivity index (χ2n) is 9.83. The molecule has 2 saturated heterocycles. The molecule has 0 aliphatic carbocycles. The molecule has 1 aromatic carbocycles. The molecule has 4 rings (SSSR count). The summed E-state index contributed by atoms with van der Waals surface area (Å²) in [7, 11) is 0. The number of hydrogen-bond donors (Lipinski definition) is 1. The second kappa shape index (κ2) is 8.12. The van der Waals surface area contributed by atoms with Crippen LogP contribution < -0.4 is 5.56 Å². The summed E-state index contributed by atoms with van der Waals surface area (Å²) in [6.45, 7) is 8.59. The number of carbonyl (C=O) groups is 1. The minimum Gasteiger partial charge on any atom is -0.476 e. The van der Waals surface area contributed by atoms with Gasteiger partial charge in [0.2, 0.25) is 5.69 Å². The maximum atomic E-state index is 13.1. The van der Waals surface area contributed by atoms with Gasteiger partial charge < -0.3 is 9.67 Å². The van der Waals surface area contributed by atoms with E-state index in [0.717, 1.165) is 37.6 Å². The fraction of sp³-hybridized carbons (Fsp3) is 0.560. The average Bonchev–Trinajstić information content (AvgIpc) is 2.96. The molecule has 2 aliphatic heterocycles. The molecule has 2 aromatic rings. The van der Waals surface area contributed by atoms with Crippen molar-refractivity contribution in [1.29, 1.82) is 0 Å². The molecule has 3 heterocycles. The number of aromatic nitrogens is 2. The van der Waals surface area contributed by atoms with Gasteiger partial charge in [-0.1, -0.05) is 30.9 Å². The summed E-state index contributed by atoms with van der Waals surface area (Å²) in [5.74, 6) is 5.66. The standard InChI is InChI=1S/C25H31N3O3/c1-5-16(12-13-25(2,3)4)27-17-10-11-18(27)15-19(14-17)28-21-9-7-6-8-20(21)26-22(23(28)29)24(30)31/h6-9,16-19H,5,10-11,14-15H2,1-4H3,(H,30,31)/t16?,17-,18+,19+. The Kier molecular flexibility index (Phi) is 5.65. The van der Waals surface area contributed by atoms with Gasteiger partial charge >= 0.3 is 5.97 Å². The Bertz CT molecular complexity index is 1100. The Morgan fingerprint density at radius 3 is 2.42 bits per heavy atom. The number of carboxylic acids is 1. The van der Waals surface area contributed by atoms with Gasteiger partial charge in [0.15, 0.2) is 0 Å². The van der Waals surface area contributed by atoms with Gasteiger partial charge in [0, 0.05) is 23.5 Å². The predicted molar refractivity (Wildman–Crippen MR) is 121 cm³/mol. The zero-order chi connectivity index (χ0) is 22.3. The van der Waals surface area contributed by atoms with E-state index in [1.165, 1.54) is 0 Å². The lowest BCUT2D eigenvalue weighted by Crippen LogP contribution is -2.49. The van der Waals surface area contributed by atoms with Crippen LogP contribution in [0.25, 0.3) is 11.0 Å². The van der Waals surface area contributed by atoms with Crippen molar-refractivity contribution in [3.8, 4) is 11.8 Å². The van der Waals surface area contributed by atoms with Gasteiger partial charge in [-0.15, -0.1) is 0 Å². The SMILES string of the molecule is CCC(C#CC(C)(C)C)N1[C@@H]2CC[C@H]1C[C@@H](n1c(=O)c(C(=O)O)nc3ccccc31)C2. The van der Waals surface area contributed by atoms with Crippen LogP contribution in [0.2, 0.25) is 0 Å². The molecule has 1 aromatic heterocycles. The van der Waals surface area contributed by atoms with E-state index in [2.05, 4.69) is 49.4 Å². The van der Waals surface area contributed by atoms with Gasteiger partial charge in [-0.05, 0) is 65.0 Å². The Morgan fingerprint density at radius 1 is 1.19 bits per heavy atom. The van der Waals surface area contributed by atoms with Crippen LogP contribution >= 0.6 is 0 Å². The fourth-order valence-corrected chi connectivity index (χ4v) is 5.25. The molecular formula is C25H31N3O3. The largest absolute Gasteiger partial charge is 0.476 e. The van der Waals surface area contributed by atoms with E-state index in [0.29, 0.717) is 17.6 Å². The Labute approximate surface area is 183 Å². The maximum absolute atomic E-state index is 13.1. The molecule has 0 radical (unpaired) electrons.